The highest BCUT2D eigenvalue weighted by Crippen LogP contribution is 2.31. The Balaban J connectivity index is 1.98. The van der Waals surface area contributed by atoms with E-state index >= 15 is 0 Å². The van der Waals surface area contributed by atoms with Crippen LogP contribution in [-0.2, 0) is 0 Å². The molecule has 0 saturated heterocycles. The van der Waals surface area contributed by atoms with Crippen LogP contribution in [0.2, 0.25) is 5.02 Å². The van der Waals surface area contributed by atoms with Crippen LogP contribution in [0.25, 0.3) is 0 Å². The van der Waals surface area contributed by atoms with Crippen molar-refractivity contribution in [3.05, 3.63) is 53.6 Å². The SMILES string of the molecule is CC(C)N(CC(O)COc1ccccc1Oc1ccc(Cl)cc1)C(C)C. The van der Waals surface area contributed by atoms with Crippen LogP contribution in [0.3, 0.4) is 0 Å². The van der Waals surface area contributed by atoms with E-state index < -0.39 is 6.10 Å². The summed E-state index contributed by atoms with van der Waals surface area (Å²) in [4.78, 5) is 2.24. The summed E-state index contributed by atoms with van der Waals surface area (Å²) < 4.78 is 11.7. The number of hydrogen-bond acceptors (Lipinski definition) is 4. The zero-order valence-electron chi connectivity index (χ0n) is 15.9. The number of benzene rings is 2. The van der Waals surface area contributed by atoms with Crippen LogP contribution < -0.4 is 9.47 Å². The average Bonchev–Trinajstić information content (AvgIpc) is 2.60. The summed E-state index contributed by atoms with van der Waals surface area (Å²) in [5, 5.41) is 11.0. The van der Waals surface area contributed by atoms with Gasteiger partial charge in [0.15, 0.2) is 11.5 Å². The molecule has 0 aliphatic carbocycles. The lowest BCUT2D eigenvalue weighted by Gasteiger charge is -2.32. The number of hydrogen-bond donors (Lipinski definition) is 1. The molecule has 5 heteroatoms. The predicted octanol–water partition coefficient (Wildman–Crippen LogP) is 4.99. The maximum absolute atomic E-state index is 10.4. The van der Waals surface area contributed by atoms with Crippen LogP contribution in [-0.4, -0.2) is 41.3 Å². The van der Waals surface area contributed by atoms with Crippen molar-refractivity contribution in [2.45, 2.75) is 45.9 Å². The molecule has 2 aromatic rings. The average molecular weight is 378 g/mol. The zero-order valence-corrected chi connectivity index (χ0v) is 16.6. The van der Waals surface area contributed by atoms with Gasteiger partial charge in [-0.15, -0.1) is 0 Å². The van der Waals surface area contributed by atoms with Gasteiger partial charge in [-0.05, 0) is 64.1 Å². The molecule has 0 amide bonds. The number of para-hydroxylation sites is 2. The van der Waals surface area contributed by atoms with Crippen LogP contribution in [0.1, 0.15) is 27.7 Å². The minimum Gasteiger partial charge on any atom is -0.487 e. The predicted molar refractivity (Wildman–Crippen MR) is 106 cm³/mol. The molecule has 142 valence electrons. The van der Waals surface area contributed by atoms with Gasteiger partial charge in [0.25, 0.3) is 0 Å². The van der Waals surface area contributed by atoms with Gasteiger partial charge in [-0.1, -0.05) is 23.7 Å². The largest absolute Gasteiger partial charge is 0.487 e. The number of aliphatic hydroxyl groups is 1. The first-order valence-electron chi connectivity index (χ1n) is 8.96. The van der Waals surface area contributed by atoms with E-state index in [4.69, 9.17) is 21.1 Å². The number of nitrogens with zero attached hydrogens (tertiary/aromatic N) is 1. The van der Waals surface area contributed by atoms with Gasteiger partial charge in [0.2, 0.25) is 0 Å². The number of ether oxygens (including phenoxy) is 2. The maximum atomic E-state index is 10.4. The highest BCUT2D eigenvalue weighted by molar-refractivity contribution is 6.30. The summed E-state index contributed by atoms with van der Waals surface area (Å²) in [6, 6.07) is 15.3. The fourth-order valence-electron chi connectivity index (χ4n) is 2.78. The van der Waals surface area contributed by atoms with Gasteiger partial charge in [-0.2, -0.15) is 0 Å². The van der Waals surface area contributed by atoms with Gasteiger partial charge in [0, 0.05) is 23.7 Å². The molecule has 0 saturated carbocycles. The topological polar surface area (TPSA) is 41.9 Å². The van der Waals surface area contributed by atoms with Crippen molar-refractivity contribution in [1.82, 2.24) is 4.90 Å². The van der Waals surface area contributed by atoms with E-state index in [1.165, 1.54) is 0 Å². The highest BCUT2D eigenvalue weighted by Gasteiger charge is 2.18. The zero-order chi connectivity index (χ0) is 19.1. The Morgan fingerprint density at radius 2 is 1.50 bits per heavy atom. The van der Waals surface area contributed by atoms with Crippen LogP contribution in [0.15, 0.2) is 48.5 Å². The molecule has 2 rings (SSSR count). The number of halogens is 1. The van der Waals surface area contributed by atoms with Crippen LogP contribution >= 0.6 is 11.6 Å². The third-order valence-corrected chi connectivity index (χ3v) is 4.32. The van der Waals surface area contributed by atoms with E-state index in [-0.39, 0.29) is 6.61 Å². The molecule has 0 spiro atoms. The van der Waals surface area contributed by atoms with Crippen molar-refractivity contribution in [2.75, 3.05) is 13.2 Å². The second-order valence-electron chi connectivity index (χ2n) is 6.85. The van der Waals surface area contributed by atoms with Crippen molar-refractivity contribution < 1.29 is 14.6 Å². The number of rotatable bonds is 9. The molecular weight excluding hydrogens is 350 g/mol. The third kappa shape index (κ3) is 6.20. The molecule has 0 aliphatic heterocycles. The number of aliphatic hydroxyl groups excluding tert-OH is 1. The van der Waals surface area contributed by atoms with Crippen molar-refractivity contribution in [3.63, 3.8) is 0 Å². The molecular formula is C21H28ClNO3. The molecule has 0 aliphatic rings. The molecule has 0 radical (unpaired) electrons. The second-order valence-corrected chi connectivity index (χ2v) is 7.29. The summed E-state index contributed by atoms with van der Waals surface area (Å²) in [5.41, 5.74) is 0. The van der Waals surface area contributed by atoms with Crippen LogP contribution in [0, 0.1) is 0 Å². The van der Waals surface area contributed by atoms with E-state index in [0.29, 0.717) is 40.9 Å². The summed E-state index contributed by atoms with van der Waals surface area (Å²) >= 11 is 5.90. The third-order valence-electron chi connectivity index (χ3n) is 4.07. The van der Waals surface area contributed by atoms with Crippen molar-refractivity contribution in [2.24, 2.45) is 0 Å². The molecule has 0 heterocycles. The molecule has 26 heavy (non-hydrogen) atoms. The van der Waals surface area contributed by atoms with Gasteiger partial charge in [0.05, 0.1) is 0 Å². The van der Waals surface area contributed by atoms with Crippen molar-refractivity contribution in [3.8, 4) is 17.2 Å². The lowest BCUT2D eigenvalue weighted by Crippen LogP contribution is -2.43. The Hall–Kier alpha value is -1.75. The van der Waals surface area contributed by atoms with Gasteiger partial charge in [-0.3, -0.25) is 4.90 Å². The monoisotopic (exact) mass is 377 g/mol. The van der Waals surface area contributed by atoms with Crippen LogP contribution in [0.4, 0.5) is 0 Å². The summed E-state index contributed by atoms with van der Waals surface area (Å²) in [5.74, 6) is 1.88. The highest BCUT2D eigenvalue weighted by atomic mass is 35.5. The Labute approximate surface area is 161 Å². The summed E-state index contributed by atoms with van der Waals surface area (Å²) in [6.07, 6.45) is -0.580. The van der Waals surface area contributed by atoms with E-state index in [9.17, 15) is 5.11 Å². The molecule has 1 atom stereocenters. The fourth-order valence-corrected chi connectivity index (χ4v) is 2.91. The van der Waals surface area contributed by atoms with E-state index in [2.05, 4.69) is 32.6 Å². The lowest BCUT2D eigenvalue weighted by molar-refractivity contribution is 0.0440. The summed E-state index contributed by atoms with van der Waals surface area (Å²) in [6.45, 7) is 9.28. The maximum Gasteiger partial charge on any atom is 0.169 e. The first-order chi connectivity index (χ1) is 12.4. The molecule has 1 N–H and O–H groups in total. The Kier molecular flexibility index (Phi) is 7.76. The van der Waals surface area contributed by atoms with Crippen molar-refractivity contribution in [1.29, 1.82) is 0 Å². The lowest BCUT2D eigenvalue weighted by atomic mass is 10.2. The Morgan fingerprint density at radius 3 is 2.08 bits per heavy atom. The smallest absolute Gasteiger partial charge is 0.169 e. The minimum atomic E-state index is -0.580. The van der Waals surface area contributed by atoms with Crippen LogP contribution in [0.5, 0.6) is 17.2 Å². The first-order valence-corrected chi connectivity index (χ1v) is 9.33. The Bertz CT molecular complexity index is 665. The summed E-state index contributed by atoms with van der Waals surface area (Å²) in [7, 11) is 0. The molecule has 0 aromatic heterocycles. The molecule has 4 nitrogen and oxygen atoms in total. The normalized spacial score (nSPS) is 12.7. The van der Waals surface area contributed by atoms with E-state index in [1.807, 2.05) is 24.3 Å². The standard InChI is InChI=1S/C21H28ClNO3/c1-15(2)23(16(3)4)13-18(24)14-25-20-7-5-6-8-21(20)26-19-11-9-17(22)10-12-19/h5-12,15-16,18,24H,13-14H2,1-4H3. The first kappa shape index (κ1) is 20.6. The van der Waals surface area contributed by atoms with Gasteiger partial charge in [0.1, 0.15) is 18.5 Å². The molecule has 0 fully saturated rings. The molecule has 1 unspecified atom stereocenters. The molecule has 2 aromatic carbocycles. The van der Waals surface area contributed by atoms with Gasteiger partial charge >= 0.3 is 0 Å². The van der Waals surface area contributed by atoms with E-state index in [0.717, 1.165) is 0 Å². The minimum absolute atomic E-state index is 0.205. The fraction of sp³-hybridized carbons (Fsp3) is 0.429. The molecule has 0 bridgehead atoms. The van der Waals surface area contributed by atoms with E-state index in [1.54, 1.807) is 24.3 Å². The van der Waals surface area contributed by atoms with Gasteiger partial charge < -0.3 is 14.6 Å². The second kappa shape index (κ2) is 9.81. The van der Waals surface area contributed by atoms with Gasteiger partial charge in [-0.25, -0.2) is 0 Å². The quantitative estimate of drug-likeness (QED) is 0.668. The Morgan fingerprint density at radius 1 is 0.923 bits per heavy atom. The van der Waals surface area contributed by atoms with Crippen molar-refractivity contribution >= 4 is 11.6 Å².